The van der Waals surface area contributed by atoms with Crippen LogP contribution in [0.5, 0.6) is 0 Å². The van der Waals surface area contributed by atoms with E-state index < -0.39 is 0 Å². The first-order valence-electron chi connectivity index (χ1n) is 3.88. The smallest absolute Gasteiger partial charge is 0.0550 e. The van der Waals surface area contributed by atoms with Gasteiger partial charge in [0, 0.05) is 10.6 Å². The van der Waals surface area contributed by atoms with Crippen molar-refractivity contribution in [3.05, 3.63) is 29.3 Å². The first kappa shape index (κ1) is 10.3. The Morgan fingerprint density at radius 1 is 1.33 bits per heavy atom. The van der Waals surface area contributed by atoms with Crippen LogP contribution in [0, 0.1) is 0 Å². The van der Waals surface area contributed by atoms with Gasteiger partial charge in [0.05, 0.1) is 5.02 Å². The van der Waals surface area contributed by atoms with Crippen LogP contribution in [0.3, 0.4) is 0 Å². The summed E-state index contributed by atoms with van der Waals surface area (Å²) >= 11 is 5.97. The monoisotopic (exact) mass is 218 g/mol. The van der Waals surface area contributed by atoms with Gasteiger partial charge in [-0.1, -0.05) is 52.2 Å². The lowest BCUT2D eigenvalue weighted by Gasteiger charge is -2.00. The van der Waals surface area contributed by atoms with Gasteiger partial charge in [0.1, 0.15) is 0 Å². The van der Waals surface area contributed by atoms with Crippen molar-refractivity contribution < 1.29 is 0 Å². The van der Waals surface area contributed by atoms with Crippen LogP contribution in [0.15, 0.2) is 29.2 Å². The van der Waals surface area contributed by atoms with Crippen LogP contribution in [0.1, 0.15) is 13.3 Å². The maximum absolute atomic E-state index is 5.97. The third kappa shape index (κ3) is 3.30. The van der Waals surface area contributed by atoms with Crippen LogP contribution < -0.4 is 0 Å². The van der Waals surface area contributed by atoms with Gasteiger partial charge in [-0.25, -0.2) is 0 Å². The van der Waals surface area contributed by atoms with Gasteiger partial charge >= 0.3 is 0 Å². The molecule has 1 rings (SSSR count). The lowest BCUT2D eigenvalue weighted by Crippen LogP contribution is -1.72. The largest absolute Gasteiger partial charge is 0.0889 e. The van der Waals surface area contributed by atoms with Crippen LogP contribution in [-0.2, 0) is 0 Å². The van der Waals surface area contributed by atoms with E-state index in [1.165, 1.54) is 12.2 Å². The fourth-order valence-electron chi connectivity index (χ4n) is 0.701. The van der Waals surface area contributed by atoms with E-state index in [0.29, 0.717) is 0 Å². The van der Waals surface area contributed by atoms with Crippen LogP contribution in [-0.4, -0.2) is 5.75 Å². The second kappa shape index (κ2) is 5.79. The zero-order valence-electron chi connectivity index (χ0n) is 6.92. The predicted molar refractivity (Wildman–Crippen MR) is 60.1 cm³/mol. The highest BCUT2D eigenvalue weighted by atomic mass is 35.5. The number of rotatable bonds is 4. The van der Waals surface area contributed by atoms with Crippen LogP contribution in [0.4, 0.5) is 0 Å². The summed E-state index contributed by atoms with van der Waals surface area (Å²) in [6.07, 6.45) is 1.21. The fourth-order valence-corrected chi connectivity index (χ4v) is 3.32. The van der Waals surface area contributed by atoms with Crippen molar-refractivity contribution in [1.29, 1.82) is 0 Å². The molecule has 0 atom stereocenters. The standard InChI is InChI=1S/C9H11ClS2/c1-2-7-11-12-9-6-4-3-5-8(9)10/h3-6H,2,7H2,1H3. The van der Waals surface area contributed by atoms with Crippen molar-refractivity contribution in [3.63, 3.8) is 0 Å². The minimum Gasteiger partial charge on any atom is -0.0889 e. The second-order valence-electron chi connectivity index (χ2n) is 2.34. The molecule has 0 fully saturated rings. The highest BCUT2D eigenvalue weighted by Crippen LogP contribution is 2.35. The van der Waals surface area contributed by atoms with Crippen LogP contribution in [0.25, 0.3) is 0 Å². The molecule has 0 aliphatic rings. The molecule has 0 aliphatic heterocycles. The molecule has 66 valence electrons. The second-order valence-corrected chi connectivity index (χ2v) is 5.20. The Hall–Kier alpha value is 0.210. The van der Waals surface area contributed by atoms with E-state index in [4.69, 9.17) is 11.6 Å². The maximum Gasteiger partial charge on any atom is 0.0550 e. The molecule has 0 bridgehead atoms. The molecule has 0 spiro atoms. The van der Waals surface area contributed by atoms with E-state index >= 15 is 0 Å². The van der Waals surface area contributed by atoms with Gasteiger partial charge in [0.25, 0.3) is 0 Å². The maximum atomic E-state index is 5.97. The predicted octanol–water partition coefficient (Wildman–Crippen LogP) is 4.49. The molecule has 0 aromatic heterocycles. The highest BCUT2D eigenvalue weighted by molar-refractivity contribution is 8.76. The summed E-state index contributed by atoms with van der Waals surface area (Å²) < 4.78 is 0. The Bertz CT molecular complexity index is 238. The van der Waals surface area contributed by atoms with Crippen molar-refractivity contribution in [2.75, 3.05) is 5.75 Å². The molecule has 12 heavy (non-hydrogen) atoms. The van der Waals surface area contributed by atoms with Crippen LogP contribution in [0.2, 0.25) is 5.02 Å². The molecule has 0 unspecified atom stereocenters. The van der Waals surface area contributed by atoms with Gasteiger partial charge in [0.2, 0.25) is 0 Å². The summed E-state index contributed by atoms with van der Waals surface area (Å²) in [6.45, 7) is 2.18. The van der Waals surface area contributed by atoms with Gasteiger partial charge in [-0.2, -0.15) is 0 Å². The summed E-state index contributed by atoms with van der Waals surface area (Å²) in [5, 5.41) is 0.853. The van der Waals surface area contributed by atoms with Gasteiger partial charge in [0.15, 0.2) is 0 Å². The molecule has 0 saturated heterocycles. The van der Waals surface area contributed by atoms with E-state index in [1.807, 2.05) is 29.0 Å². The van der Waals surface area contributed by atoms with E-state index in [0.717, 1.165) is 9.92 Å². The first-order chi connectivity index (χ1) is 5.84. The zero-order valence-corrected chi connectivity index (χ0v) is 9.31. The number of benzene rings is 1. The Labute approximate surface area is 86.5 Å². The Balaban J connectivity index is 2.46. The summed E-state index contributed by atoms with van der Waals surface area (Å²) in [5.41, 5.74) is 0. The van der Waals surface area contributed by atoms with Crippen molar-refractivity contribution in [2.24, 2.45) is 0 Å². The van der Waals surface area contributed by atoms with Gasteiger partial charge in [-0.3, -0.25) is 0 Å². The quantitative estimate of drug-likeness (QED) is 0.540. The molecule has 0 saturated carbocycles. The lowest BCUT2D eigenvalue weighted by atomic mass is 10.4. The van der Waals surface area contributed by atoms with Crippen molar-refractivity contribution in [1.82, 2.24) is 0 Å². The average molecular weight is 219 g/mol. The Kier molecular flexibility index (Phi) is 4.96. The molecule has 0 amide bonds. The molecule has 0 aliphatic carbocycles. The van der Waals surface area contributed by atoms with Crippen molar-refractivity contribution >= 4 is 33.2 Å². The summed E-state index contributed by atoms with van der Waals surface area (Å²) in [4.78, 5) is 1.16. The average Bonchev–Trinajstić information content (AvgIpc) is 2.09. The van der Waals surface area contributed by atoms with Gasteiger partial charge < -0.3 is 0 Å². The Morgan fingerprint density at radius 2 is 2.08 bits per heavy atom. The molecule has 1 aromatic carbocycles. The van der Waals surface area contributed by atoms with E-state index in [1.54, 1.807) is 10.8 Å². The summed E-state index contributed by atoms with van der Waals surface area (Å²) in [7, 11) is 3.61. The third-order valence-electron chi connectivity index (χ3n) is 1.27. The number of hydrogen-bond donors (Lipinski definition) is 0. The molecular weight excluding hydrogens is 208 g/mol. The highest BCUT2D eigenvalue weighted by Gasteiger charge is 1.98. The molecule has 3 heteroatoms. The summed E-state index contributed by atoms with van der Waals surface area (Å²) in [5.74, 6) is 1.18. The fraction of sp³-hybridized carbons (Fsp3) is 0.333. The molecule has 1 aromatic rings. The molecule has 0 radical (unpaired) electrons. The molecule has 0 nitrogen and oxygen atoms in total. The van der Waals surface area contributed by atoms with E-state index in [2.05, 4.69) is 13.0 Å². The zero-order chi connectivity index (χ0) is 8.81. The molecule has 0 N–H and O–H groups in total. The van der Waals surface area contributed by atoms with Crippen LogP contribution >= 0.6 is 33.2 Å². The number of halogens is 1. The topological polar surface area (TPSA) is 0 Å². The van der Waals surface area contributed by atoms with E-state index in [9.17, 15) is 0 Å². The summed E-state index contributed by atoms with van der Waals surface area (Å²) in [6, 6.07) is 7.95. The van der Waals surface area contributed by atoms with E-state index in [-0.39, 0.29) is 0 Å². The first-order valence-corrected chi connectivity index (χ1v) is 6.58. The SMILES string of the molecule is CCCSSc1ccccc1Cl. The number of hydrogen-bond acceptors (Lipinski definition) is 2. The minimum absolute atomic E-state index is 0.853. The normalized spacial score (nSPS) is 10.2. The van der Waals surface area contributed by atoms with Gasteiger partial charge in [-0.15, -0.1) is 0 Å². The third-order valence-corrected chi connectivity index (χ3v) is 4.34. The minimum atomic E-state index is 0.853. The van der Waals surface area contributed by atoms with Gasteiger partial charge in [-0.05, 0) is 18.6 Å². The molecular formula is C9H11ClS2. The lowest BCUT2D eigenvalue weighted by molar-refractivity contribution is 1.11. The Morgan fingerprint density at radius 3 is 2.75 bits per heavy atom. The van der Waals surface area contributed by atoms with Crippen molar-refractivity contribution in [3.8, 4) is 0 Å². The molecule has 0 heterocycles. The van der Waals surface area contributed by atoms with Crippen molar-refractivity contribution in [2.45, 2.75) is 18.2 Å².